The van der Waals surface area contributed by atoms with E-state index in [4.69, 9.17) is 16.0 Å². The molecule has 2 aromatic carbocycles. The summed E-state index contributed by atoms with van der Waals surface area (Å²) < 4.78 is 7.91. The molecule has 0 saturated carbocycles. The third-order valence-corrected chi connectivity index (χ3v) is 8.09. The van der Waals surface area contributed by atoms with Gasteiger partial charge >= 0.3 is 0 Å². The van der Waals surface area contributed by atoms with Crippen LogP contribution in [-0.2, 0) is 26.7 Å². The number of carbonyl (C=O) groups is 1. The Morgan fingerprint density at radius 3 is 2.67 bits per heavy atom. The molecule has 1 atom stereocenters. The van der Waals surface area contributed by atoms with Crippen molar-refractivity contribution in [3.8, 4) is 0 Å². The fraction of sp³-hybridized carbons (Fsp3) is 0.241. The molecule has 202 valence electrons. The van der Waals surface area contributed by atoms with E-state index in [2.05, 4.69) is 5.32 Å². The maximum absolute atomic E-state index is 13.4. The van der Waals surface area contributed by atoms with Crippen molar-refractivity contribution in [2.45, 2.75) is 25.8 Å². The van der Waals surface area contributed by atoms with Crippen molar-refractivity contribution in [1.29, 1.82) is 0 Å². The predicted octanol–water partition coefficient (Wildman–Crippen LogP) is 4.59. The Morgan fingerprint density at radius 2 is 1.95 bits per heavy atom. The van der Waals surface area contributed by atoms with Gasteiger partial charge in [-0.05, 0) is 36.9 Å². The van der Waals surface area contributed by atoms with Gasteiger partial charge in [0.25, 0.3) is 5.91 Å². The number of aliphatic hydroxyl groups is 2. The number of aliphatic hydroxyl groups excluding tert-OH is 2. The molecule has 0 aliphatic heterocycles. The van der Waals surface area contributed by atoms with Gasteiger partial charge < -0.3 is 24.5 Å². The number of pyridine rings is 1. The van der Waals surface area contributed by atoms with Crippen molar-refractivity contribution < 1.29 is 19.4 Å². The third-order valence-electron chi connectivity index (χ3n) is 6.63. The summed E-state index contributed by atoms with van der Waals surface area (Å²) in [5.41, 5.74) is 2.46. The number of benzene rings is 2. The van der Waals surface area contributed by atoms with Gasteiger partial charge in [0.15, 0.2) is 0 Å². The molecule has 5 aromatic rings. The Kier molecular flexibility index (Phi) is 7.88. The fourth-order valence-electron chi connectivity index (χ4n) is 4.66. The number of nitrogens with zero attached hydrogens (tertiary/aromatic N) is 2. The first kappa shape index (κ1) is 27.1. The standard InChI is InChI=1S/C29H28ClN3O5S/c1-32(14-22(35)24-11-18-5-3-4-6-23(18)38-24)15-25-21(16-34)26-28(39-25)27(36)20(13-33(26)2)29(37)31-12-17-7-9-19(30)10-8-17/h3-11,13,22,34-35H,12,14-16H2,1-2H3,(H,31,37). The van der Waals surface area contributed by atoms with Crippen LogP contribution < -0.4 is 10.7 Å². The molecule has 3 N–H and O–H groups in total. The van der Waals surface area contributed by atoms with Gasteiger partial charge in [0.2, 0.25) is 5.43 Å². The highest BCUT2D eigenvalue weighted by atomic mass is 35.5. The molecule has 39 heavy (non-hydrogen) atoms. The lowest BCUT2D eigenvalue weighted by Crippen LogP contribution is -2.29. The van der Waals surface area contributed by atoms with Gasteiger partial charge in [0.05, 0.1) is 16.8 Å². The molecule has 0 saturated heterocycles. The summed E-state index contributed by atoms with van der Waals surface area (Å²) >= 11 is 7.18. The normalized spacial score (nSPS) is 12.5. The minimum absolute atomic E-state index is 0.0323. The maximum atomic E-state index is 13.4. The lowest BCUT2D eigenvalue weighted by molar-refractivity contribution is 0.0949. The molecule has 10 heteroatoms. The Morgan fingerprint density at radius 1 is 1.21 bits per heavy atom. The third kappa shape index (κ3) is 5.63. The highest BCUT2D eigenvalue weighted by Gasteiger charge is 2.23. The quantitative estimate of drug-likeness (QED) is 0.241. The maximum Gasteiger partial charge on any atom is 0.257 e. The van der Waals surface area contributed by atoms with Gasteiger partial charge in [-0.3, -0.25) is 14.5 Å². The van der Waals surface area contributed by atoms with Crippen LogP contribution in [0.15, 0.2) is 70.0 Å². The smallest absolute Gasteiger partial charge is 0.257 e. The molecular formula is C29H28ClN3O5S. The number of carbonyl (C=O) groups excluding carboxylic acids is 1. The van der Waals surface area contributed by atoms with Crippen LogP contribution in [0, 0.1) is 0 Å². The van der Waals surface area contributed by atoms with Gasteiger partial charge in [-0.15, -0.1) is 11.3 Å². The van der Waals surface area contributed by atoms with Crippen LogP contribution in [0.2, 0.25) is 5.02 Å². The number of thiophene rings is 1. The van der Waals surface area contributed by atoms with Crippen molar-refractivity contribution in [3.05, 3.63) is 103 Å². The number of nitrogens with one attached hydrogen (secondary N) is 1. The molecule has 1 unspecified atom stereocenters. The molecule has 0 fully saturated rings. The van der Waals surface area contributed by atoms with Crippen LogP contribution >= 0.6 is 22.9 Å². The lowest BCUT2D eigenvalue weighted by Gasteiger charge is -2.19. The summed E-state index contributed by atoms with van der Waals surface area (Å²) in [5.74, 6) is 0.00305. The monoisotopic (exact) mass is 565 g/mol. The molecule has 0 aliphatic rings. The number of halogens is 1. The average molecular weight is 566 g/mol. The highest BCUT2D eigenvalue weighted by Crippen LogP contribution is 2.31. The number of likely N-dealkylation sites (N-methyl/N-ethyl adjacent to an activating group) is 1. The van der Waals surface area contributed by atoms with E-state index in [0.717, 1.165) is 15.8 Å². The molecule has 3 aromatic heterocycles. The van der Waals surface area contributed by atoms with Gasteiger partial charge in [-0.2, -0.15) is 0 Å². The first-order valence-corrected chi connectivity index (χ1v) is 13.6. The van der Waals surface area contributed by atoms with Crippen molar-refractivity contribution in [2.24, 2.45) is 7.05 Å². The summed E-state index contributed by atoms with van der Waals surface area (Å²) in [4.78, 5) is 29.0. The van der Waals surface area contributed by atoms with Gasteiger partial charge in [0, 0.05) is 53.7 Å². The Labute approximate surface area is 233 Å². The molecule has 3 heterocycles. The number of rotatable bonds is 9. The van der Waals surface area contributed by atoms with Crippen molar-refractivity contribution in [3.63, 3.8) is 0 Å². The van der Waals surface area contributed by atoms with Crippen molar-refractivity contribution in [2.75, 3.05) is 13.6 Å². The van der Waals surface area contributed by atoms with Gasteiger partial charge in [-0.1, -0.05) is 41.9 Å². The molecule has 0 radical (unpaired) electrons. The minimum Gasteiger partial charge on any atom is -0.458 e. The van der Waals surface area contributed by atoms with Gasteiger partial charge in [0.1, 0.15) is 23.0 Å². The molecule has 5 rings (SSSR count). The van der Waals surface area contributed by atoms with Gasteiger partial charge in [-0.25, -0.2) is 0 Å². The summed E-state index contributed by atoms with van der Waals surface area (Å²) in [5, 5.41) is 25.3. The van der Waals surface area contributed by atoms with Crippen molar-refractivity contribution >= 4 is 50.0 Å². The molecule has 1 amide bonds. The number of aromatic nitrogens is 1. The first-order valence-electron chi connectivity index (χ1n) is 12.4. The highest BCUT2D eigenvalue weighted by molar-refractivity contribution is 7.19. The zero-order chi connectivity index (χ0) is 27.7. The summed E-state index contributed by atoms with van der Waals surface area (Å²) in [7, 11) is 3.60. The number of hydrogen-bond donors (Lipinski definition) is 3. The predicted molar refractivity (Wildman–Crippen MR) is 153 cm³/mol. The fourth-order valence-corrected chi connectivity index (χ4v) is 6.17. The molecular weight excluding hydrogens is 538 g/mol. The molecule has 8 nitrogen and oxygen atoms in total. The van der Waals surface area contributed by atoms with E-state index in [-0.39, 0.29) is 30.7 Å². The van der Waals surface area contributed by atoms with Crippen LogP contribution in [0.1, 0.15) is 38.2 Å². The number of aryl methyl sites for hydroxylation is 1. The summed E-state index contributed by atoms with van der Waals surface area (Å²) in [6.07, 6.45) is 0.656. The number of fused-ring (bicyclic) bond motifs is 2. The number of para-hydroxylation sites is 1. The van der Waals surface area contributed by atoms with Crippen LogP contribution in [0.3, 0.4) is 0 Å². The number of furan rings is 1. The van der Waals surface area contributed by atoms with Crippen LogP contribution in [-0.4, -0.2) is 39.2 Å². The topological polar surface area (TPSA) is 108 Å². The average Bonchev–Trinajstić information content (AvgIpc) is 3.52. The largest absolute Gasteiger partial charge is 0.458 e. The second-order valence-corrected chi connectivity index (χ2v) is 11.1. The Hall–Kier alpha value is -3.47. The second kappa shape index (κ2) is 11.3. The van der Waals surface area contributed by atoms with E-state index in [9.17, 15) is 19.8 Å². The van der Waals surface area contributed by atoms with Crippen molar-refractivity contribution in [1.82, 2.24) is 14.8 Å². The summed E-state index contributed by atoms with van der Waals surface area (Å²) in [6, 6.07) is 16.5. The molecule has 0 spiro atoms. The van der Waals surface area contributed by atoms with Crippen LogP contribution in [0.4, 0.5) is 0 Å². The zero-order valence-corrected chi connectivity index (χ0v) is 23.1. The minimum atomic E-state index is -0.850. The van der Waals surface area contributed by atoms with E-state index >= 15 is 0 Å². The van der Waals surface area contributed by atoms with E-state index in [1.165, 1.54) is 17.5 Å². The number of amides is 1. The Bertz CT molecular complexity index is 1670. The molecule has 0 bridgehead atoms. The van der Waals surface area contributed by atoms with E-state index in [1.54, 1.807) is 23.7 Å². The number of hydrogen-bond acceptors (Lipinski definition) is 7. The van der Waals surface area contributed by atoms with E-state index < -0.39 is 12.0 Å². The first-order chi connectivity index (χ1) is 18.7. The summed E-state index contributed by atoms with van der Waals surface area (Å²) in [6.45, 7) is 0.676. The zero-order valence-electron chi connectivity index (χ0n) is 21.5. The van der Waals surface area contributed by atoms with E-state index in [0.29, 0.717) is 38.7 Å². The van der Waals surface area contributed by atoms with E-state index in [1.807, 2.05) is 54.4 Å². The SMILES string of the molecule is CN(Cc1sc2c(=O)c(C(=O)NCc3ccc(Cl)cc3)cn(C)c2c1CO)CC(O)c1cc2ccccc2o1. The van der Waals surface area contributed by atoms with Crippen LogP contribution in [0.25, 0.3) is 21.2 Å². The lowest BCUT2D eigenvalue weighted by atomic mass is 10.1. The second-order valence-electron chi connectivity index (χ2n) is 9.53. The van der Waals surface area contributed by atoms with Crippen LogP contribution in [0.5, 0.6) is 0 Å². The molecule has 0 aliphatic carbocycles. The Balaban J connectivity index is 1.35.